The van der Waals surface area contributed by atoms with Gasteiger partial charge < -0.3 is 4.74 Å². The van der Waals surface area contributed by atoms with Crippen LogP contribution in [0.4, 0.5) is 0 Å². The molecular weight excluding hydrogens is 308 g/mol. The summed E-state index contributed by atoms with van der Waals surface area (Å²) in [6.07, 6.45) is 0. The first-order valence-electron chi connectivity index (χ1n) is 5.70. The molecule has 0 aliphatic rings. The highest BCUT2D eigenvalue weighted by Crippen LogP contribution is 2.41. The normalized spacial score (nSPS) is 16.3. The number of carbonyl (C=O) groups is 1. The molecule has 1 aromatic carbocycles. The minimum Gasteiger partial charge on any atom is -0.464 e. The highest BCUT2D eigenvalue weighted by Gasteiger charge is 2.56. The van der Waals surface area contributed by atoms with E-state index in [2.05, 4.69) is 22.0 Å². The summed E-state index contributed by atoms with van der Waals surface area (Å²) in [6.45, 7) is 3.33. The first-order chi connectivity index (χ1) is 8.96. The van der Waals surface area contributed by atoms with Crippen molar-refractivity contribution in [2.24, 2.45) is 0 Å². The Hall–Kier alpha value is -1.85. The molecule has 0 saturated heterocycles. The molecule has 19 heavy (non-hydrogen) atoms. The van der Waals surface area contributed by atoms with Crippen LogP contribution in [-0.2, 0) is 14.9 Å². The van der Waals surface area contributed by atoms with E-state index in [1.54, 1.807) is 37.3 Å². The van der Waals surface area contributed by atoms with Crippen LogP contribution in [0.15, 0.2) is 30.3 Å². The fourth-order valence-electron chi connectivity index (χ4n) is 1.70. The van der Waals surface area contributed by atoms with Gasteiger partial charge in [0, 0.05) is 0 Å². The molecule has 2 atom stereocenters. The number of carbonyl (C=O) groups excluding carboxylic acids is 1. The molecule has 0 aliphatic carbocycles. The van der Waals surface area contributed by atoms with E-state index in [0.29, 0.717) is 5.56 Å². The van der Waals surface area contributed by atoms with Crippen LogP contribution in [0, 0.1) is 22.7 Å². The quantitative estimate of drug-likeness (QED) is 0.631. The molecule has 98 valence electrons. The second-order valence-corrected chi connectivity index (χ2v) is 5.28. The van der Waals surface area contributed by atoms with Crippen LogP contribution >= 0.6 is 15.9 Å². The predicted octanol–water partition coefficient (Wildman–Crippen LogP) is 2.69. The van der Waals surface area contributed by atoms with Gasteiger partial charge in [0.15, 0.2) is 0 Å². The average molecular weight is 321 g/mol. The Morgan fingerprint density at radius 1 is 1.32 bits per heavy atom. The molecule has 0 saturated carbocycles. The number of ether oxygens (including phenoxy) is 1. The lowest BCUT2D eigenvalue weighted by Gasteiger charge is -2.32. The molecule has 4 nitrogen and oxygen atoms in total. The fourth-order valence-corrected chi connectivity index (χ4v) is 2.14. The van der Waals surface area contributed by atoms with E-state index in [9.17, 15) is 15.3 Å². The number of halogens is 1. The first kappa shape index (κ1) is 15.2. The molecule has 0 aliphatic heterocycles. The van der Waals surface area contributed by atoms with Crippen molar-refractivity contribution in [3.05, 3.63) is 35.9 Å². The summed E-state index contributed by atoms with van der Waals surface area (Å²) in [4.78, 5) is 12.0. The van der Waals surface area contributed by atoms with Crippen molar-refractivity contribution in [2.45, 2.75) is 23.6 Å². The molecule has 0 amide bonds. The number of nitriles is 2. The number of hydrogen-bond acceptors (Lipinski definition) is 4. The minimum absolute atomic E-state index is 0.143. The molecule has 2 unspecified atom stereocenters. The second-order valence-electron chi connectivity index (χ2n) is 4.09. The zero-order chi connectivity index (χ0) is 14.5. The smallest absolute Gasteiger partial charge is 0.339 e. The van der Waals surface area contributed by atoms with Crippen LogP contribution in [0.2, 0.25) is 0 Å². The molecule has 0 aromatic heterocycles. The maximum atomic E-state index is 12.0. The van der Waals surface area contributed by atoms with Gasteiger partial charge >= 0.3 is 5.97 Å². The van der Waals surface area contributed by atoms with E-state index < -0.39 is 15.7 Å². The Morgan fingerprint density at radius 2 is 1.89 bits per heavy atom. The topological polar surface area (TPSA) is 73.9 Å². The van der Waals surface area contributed by atoms with Crippen molar-refractivity contribution in [3.8, 4) is 12.1 Å². The Morgan fingerprint density at radius 3 is 2.32 bits per heavy atom. The minimum atomic E-state index is -1.74. The molecule has 0 spiro atoms. The lowest BCUT2D eigenvalue weighted by Crippen LogP contribution is -2.50. The van der Waals surface area contributed by atoms with Gasteiger partial charge in [0.2, 0.25) is 4.32 Å². The maximum absolute atomic E-state index is 12.0. The first-order valence-corrected chi connectivity index (χ1v) is 6.49. The van der Waals surface area contributed by atoms with Crippen LogP contribution in [0.25, 0.3) is 0 Å². The summed E-state index contributed by atoms with van der Waals surface area (Å²) >= 11 is 3.11. The third kappa shape index (κ3) is 2.47. The molecule has 0 radical (unpaired) electrons. The van der Waals surface area contributed by atoms with Gasteiger partial charge in [-0.15, -0.1) is 0 Å². The fraction of sp³-hybridized carbons (Fsp3) is 0.357. The highest BCUT2D eigenvalue weighted by molar-refractivity contribution is 9.10. The van der Waals surface area contributed by atoms with Crippen LogP contribution < -0.4 is 0 Å². The third-order valence-electron chi connectivity index (χ3n) is 2.97. The van der Waals surface area contributed by atoms with Crippen molar-refractivity contribution in [2.75, 3.05) is 6.61 Å². The van der Waals surface area contributed by atoms with E-state index in [0.717, 1.165) is 0 Å². The van der Waals surface area contributed by atoms with Gasteiger partial charge in [-0.05, 0) is 19.4 Å². The number of esters is 1. The van der Waals surface area contributed by atoms with Crippen molar-refractivity contribution in [1.29, 1.82) is 10.5 Å². The van der Waals surface area contributed by atoms with Crippen molar-refractivity contribution >= 4 is 21.9 Å². The summed E-state index contributed by atoms with van der Waals surface area (Å²) in [6, 6.07) is 12.6. The van der Waals surface area contributed by atoms with Gasteiger partial charge in [-0.1, -0.05) is 46.3 Å². The van der Waals surface area contributed by atoms with Crippen LogP contribution in [0.5, 0.6) is 0 Å². The second kappa shape index (κ2) is 5.86. The number of rotatable bonds is 4. The lowest BCUT2D eigenvalue weighted by atomic mass is 9.73. The van der Waals surface area contributed by atoms with Crippen molar-refractivity contribution in [3.63, 3.8) is 0 Å². The van der Waals surface area contributed by atoms with E-state index >= 15 is 0 Å². The number of nitrogens with zero attached hydrogens (tertiary/aromatic N) is 2. The van der Waals surface area contributed by atoms with Crippen LogP contribution in [0.3, 0.4) is 0 Å². The Bertz CT molecular complexity index is 547. The molecule has 1 aromatic rings. The third-order valence-corrected chi connectivity index (χ3v) is 4.27. The van der Waals surface area contributed by atoms with Crippen molar-refractivity contribution in [1.82, 2.24) is 0 Å². The van der Waals surface area contributed by atoms with Gasteiger partial charge in [-0.25, -0.2) is 4.79 Å². The Kier molecular flexibility index (Phi) is 4.69. The highest BCUT2D eigenvalue weighted by atomic mass is 79.9. The molecular formula is C14H13BrN2O2. The lowest BCUT2D eigenvalue weighted by molar-refractivity contribution is -0.145. The van der Waals surface area contributed by atoms with Gasteiger partial charge in [-0.3, -0.25) is 0 Å². The van der Waals surface area contributed by atoms with E-state index in [-0.39, 0.29) is 6.61 Å². The molecule has 0 fully saturated rings. The van der Waals surface area contributed by atoms with Crippen LogP contribution in [-0.4, -0.2) is 16.9 Å². The van der Waals surface area contributed by atoms with Gasteiger partial charge in [0.05, 0.1) is 18.7 Å². The summed E-state index contributed by atoms with van der Waals surface area (Å²) in [5, 5.41) is 18.8. The molecule has 5 heteroatoms. The molecule has 0 heterocycles. The largest absolute Gasteiger partial charge is 0.464 e. The number of benzene rings is 1. The van der Waals surface area contributed by atoms with E-state index in [4.69, 9.17) is 4.74 Å². The summed E-state index contributed by atoms with van der Waals surface area (Å²) in [5.41, 5.74) is -0.779. The monoisotopic (exact) mass is 320 g/mol. The Balaban J connectivity index is 3.40. The van der Waals surface area contributed by atoms with E-state index in [1.165, 1.54) is 6.92 Å². The summed E-state index contributed by atoms with van der Waals surface area (Å²) in [5.74, 6) is -0.759. The maximum Gasteiger partial charge on any atom is 0.339 e. The van der Waals surface area contributed by atoms with Crippen LogP contribution in [0.1, 0.15) is 19.4 Å². The predicted molar refractivity (Wildman–Crippen MR) is 73.3 cm³/mol. The molecule has 0 N–H and O–H groups in total. The summed E-state index contributed by atoms with van der Waals surface area (Å²) < 4.78 is 3.16. The van der Waals surface area contributed by atoms with Gasteiger partial charge in [0.25, 0.3) is 0 Å². The Labute approximate surface area is 120 Å². The number of hydrogen-bond donors (Lipinski definition) is 0. The summed E-state index contributed by atoms with van der Waals surface area (Å²) in [7, 11) is 0. The van der Waals surface area contributed by atoms with E-state index in [1.807, 2.05) is 6.07 Å². The zero-order valence-electron chi connectivity index (χ0n) is 10.7. The van der Waals surface area contributed by atoms with Gasteiger partial charge in [-0.2, -0.15) is 10.5 Å². The zero-order valence-corrected chi connectivity index (χ0v) is 12.3. The average Bonchev–Trinajstić information content (AvgIpc) is 2.46. The molecule has 0 bridgehead atoms. The SMILES string of the molecule is CCOC(=O)C(Br)(C#N)C(C)(C#N)c1ccccc1. The standard InChI is InChI=1S/C14H13BrN2O2/c1-3-19-12(18)14(15,10-17)13(2,9-16)11-7-5-4-6-8-11/h4-8H,3H2,1-2H3. The number of alkyl halides is 1. The molecule has 1 rings (SSSR count). The van der Waals surface area contributed by atoms with Crippen molar-refractivity contribution < 1.29 is 9.53 Å². The van der Waals surface area contributed by atoms with Gasteiger partial charge in [0.1, 0.15) is 5.41 Å².